The van der Waals surface area contributed by atoms with Gasteiger partial charge in [0.25, 0.3) is 0 Å². The highest BCUT2D eigenvalue weighted by atomic mass is 32.2. The minimum atomic E-state index is -3.73. The van der Waals surface area contributed by atoms with E-state index in [0.29, 0.717) is 34.3 Å². The molecule has 204 valence electrons. The van der Waals surface area contributed by atoms with Gasteiger partial charge in [0.1, 0.15) is 28.2 Å². The molecule has 0 saturated heterocycles. The van der Waals surface area contributed by atoms with Gasteiger partial charge in [-0.2, -0.15) is 0 Å². The Morgan fingerprint density at radius 1 is 0.974 bits per heavy atom. The van der Waals surface area contributed by atoms with Crippen LogP contribution < -0.4 is 4.74 Å². The van der Waals surface area contributed by atoms with Crippen LogP contribution in [0.15, 0.2) is 82.6 Å². The van der Waals surface area contributed by atoms with E-state index in [1.165, 1.54) is 16.9 Å². The van der Waals surface area contributed by atoms with Crippen LogP contribution in [0.4, 0.5) is 0 Å². The predicted octanol–water partition coefficient (Wildman–Crippen LogP) is 5.14. The van der Waals surface area contributed by atoms with Crippen molar-refractivity contribution in [1.82, 2.24) is 15.0 Å². The summed E-state index contributed by atoms with van der Waals surface area (Å²) in [6, 6.07) is 16.1. The van der Waals surface area contributed by atoms with Gasteiger partial charge in [-0.3, -0.25) is 0 Å². The fraction of sp³-hybridized carbons (Fsp3) is 0.276. The number of hydrogen-bond acceptors (Lipinski definition) is 8. The third-order valence-electron chi connectivity index (χ3n) is 5.94. The van der Waals surface area contributed by atoms with Gasteiger partial charge in [-0.05, 0) is 48.7 Å². The number of phenolic OH excluding ortho intramolecular Hbond substituents is 1. The second-order valence-corrected chi connectivity index (χ2v) is 12.1. The van der Waals surface area contributed by atoms with Crippen LogP contribution in [-0.4, -0.2) is 47.7 Å². The Morgan fingerprint density at radius 3 is 2.33 bits per heavy atom. The molecule has 1 heterocycles. The summed E-state index contributed by atoms with van der Waals surface area (Å²) in [5.74, 6) is 0.0174. The predicted molar refractivity (Wildman–Crippen MR) is 147 cm³/mol. The van der Waals surface area contributed by atoms with E-state index in [4.69, 9.17) is 9.47 Å². The van der Waals surface area contributed by atoms with Crippen molar-refractivity contribution in [2.75, 3.05) is 13.2 Å². The number of rotatable bonds is 9. The second-order valence-electron chi connectivity index (χ2n) is 10.2. The number of hydrogen-bond donors (Lipinski definition) is 1. The fourth-order valence-electron chi connectivity index (χ4n) is 3.84. The molecule has 0 aliphatic heterocycles. The number of phenols is 1. The molecule has 1 aromatic heterocycles. The molecule has 0 atom stereocenters. The molecule has 4 rings (SSSR count). The summed E-state index contributed by atoms with van der Waals surface area (Å²) in [4.78, 5) is 13.1. The number of fused-ring (bicyclic) bond motifs is 1. The molecular weight excluding hydrogens is 518 g/mol. The maximum atomic E-state index is 13.1. The number of aromatic hydroxyl groups is 1. The average Bonchev–Trinajstić information content (AvgIpc) is 3.32. The lowest BCUT2D eigenvalue weighted by Crippen LogP contribution is -2.14. The minimum absolute atomic E-state index is 0.0114. The van der Waals surface area contributed by atoms with Crippen LogP contribution in [0.2, 0.25) is 0 Å². The zero-order chi connectivity index (χ0) is 28.4. The SMILES string of the molecule is C=C(C)C(=O)OCCCOc1cc(-n2nc3ccc(S(=O)(=O)c4ccccc4)cc3n2)c(O)c(C(C)(C)C)c1. The first kappa shape index (κ1) is 27.8. The molecule has 0 unspecified atom stereocenters. The van der Waals surface area contributed by atoms with E-state index in [9.17, 15) is 18.3 Å². The van der Waals surface area contributed by atoms with Crippen molar-refractivity contribution in [2.24, 2.45) is 0 Å². The summed E-state index contributed by atoms with van der Waals surface area (Å²) in [6.45, 7) is 11.5. The molecule has 0 aliphatic rings. The molecule has 39 heavy (non-hydrogen) atoms. The Bertz CT molecular complexity index is 1640. The van der Waals surface area contributed by atoms with Crippen molar-refractivity contribution in [2.45, 2.75) is 49.3 Å². The van der Waals surface area contributed by atoms with Gasteiger partial charge in [-0.25, -0.2) is 13.2 Å². The summed E-state index contributed by atoms with van der Waals surface area (Å²) < 4.78 is 37.2. The normalized spacial score (nSPS) is 11.9. The Hall–Kier alpha value is -4.18. The molecule has 0 fully saturated rings. The summed E-state index contributed by atoms with van der Waals surface area (Å²) in [5, 5.41) is 20.1. The standard InChI is InChI=1S/C29H31N3O6S/c1-19(2)28(34)38-15-9-14-37-20-16-23(29(3,4)5)27(33)26(17-20)32-30-24-13-12-22(18-25(24)31-32)39(35,36)21-10-7-6-8-11-21/h6-8,10-13,16-18,33H,1,9,14-15H2,2-5H3. The molecule has 0 bridgehead atoms. The number of sulfone groups is 1. The lowest BCUT2D eigenvalue weighted by molar-refractivity contribution is -0.139. The third-order valence-corrected chi connectivity index (χ3v) is 7.71. The maximum absolute atomic E-state index is 13.1. The molecular formula is C29H31N3O6S. The summed E-state index contributed by atoms with van der Waals surface area (Å²) in [7, 11) is -3.73. The molecule has 0 spiro atoms. The summed E-state index contributed by atoms with van der Waals surface area (Å²) >= 11 is 0. The van der Waals surface area contributed by atoms with Crippen molar-refractivity contribution >= 4 is 26.8 Å². The van der Waals surface area contributed by atoms with Gasteiger partial charge >= 0.3 is 5.97 Å². The van der Waals surface area contributed by atoms with Crippen LogP contribution in [0.3, 0.4) is 0 Å². The third kappa shape index (κ3) is 6.12. The average molecular weight is 550 g/mol. The molecule has 9 nitrogen and oxygen atoms in total. The van der Waals surface area contributed by atoms with E-state index < -0.39 is 21.2 Å². The van der Waals surface area contributed by atoms with Crippen LogP contribution in [-0.2, 0) is 24.8 Å². The zero-order valence-corrected chi connectivity index (χ0v) is 23.2. The van der Waals surface area contributed by atoms with Crippen molar-refractivity contribution in [1.29, 1.82) is 0 Å². The number of aromatic nitrogens is 3. The topological polar surface area (TPSA) is 121 Å². The molecule has 0 radical (unpaired) electrons. The molecule has 1 N–H and O–H groups in total. The first-order valence-electron chi connectivity index (χ1n) is 12.4. The van der Waals surface area contributed by atoms with E-state index in [2.05, 4.69) is 16.8 Å². The number of nitrogens with zero attached hydrogens (tertiary/aromatic N) is 3. The van der Waals surface area contributed by atoms with Gasteiger partial charge < -0.3 is 14.6 Å². The van der Waals surface area contributed by atoms with Gasteiger partial charge in [0.2, 0.25) is 9.84 Å². The molecule has 0 amide bonds. The minimum Gasteiger partial charge on any atom is -0.505 e. The largest absolute Gasteiger partial charge is 0.505 e. The van der Waals surface area contributed by atoms with Crippen LogP contribution in [0, 0.1) is 0 Å². The van der Waals surface area contributed by atoms with Gasteiger partial charge in [-0.1, -0.05) is 45.5 Å². The highest BCUT2D eigenvalue weighted by molar-refractivity contribution is 7.91. The lowest BCUT2D eigenvalue weighted by Gasteiger charge is -2.23. The van der Waals surface area contributed by atoms with Crippen LogP contribution in [0.25, 0.3) is 16.7 Å². The Morgan fingerprint density at radius 2 is 1.67 bits per heavy atom. The molecule has 0 aliphatic carbocycles. The number of carbonyl (C=O) groups excluding carboxylic acids is 1. The Kier molecular flexibility index (Phi) is 7.78. The lowest BCUT2D eigenvalue weighted by atomic mass is 9.86. The first-order valence-corrected chi connectivity index (χ1v) is 13.9. The van der Waals surface area contributed by atoms with E-state index >= 15 is 0 Å². The number of ether oxygens (including phenoxy) is 2. The molecule has 10 heteroatoms. The molecule has 0 saturated carbocycles. The molecule has 3 aromatic carbocycles. The summed E-state index contributed by atoms with van der Waals surface area (Å²) in [6.07, 6.45) is 0.461. The van der Waals surface area contributed by atoms with E-state index in [-0.39, 0.29) is 34.4 Å². The second kappa shape index (κ2) is 10.9. The van der Waals surface area contributed by atoms with Gasteiger partial charge in [0.05, 0.1) is 23.0 Å². The van der Waals surface area contributed by atoms with E-state index in [1.54, 1.807) is 55.5 Å². The van der Waals surface area contributed by atoms with Crippen molar-refractivity contribution in [3.05, 3.63) is 78.4 Å². The zero-order valence-electron chi connectivity index (χ0n) is 22.3. The Balaban J connectivity index is 1.65. The smallest absolute Gasteiger partial charge is 0.333 e. The maximum Gasteiger partial charge on any atom is 0.333 e. The van der Waals surface area contributed by atoms with Crippen LogP contribution >= 0.6 is 0 Å². The van der Waals surface area contributed by atoms with E-state index in [0.717, 1.165) is 0 Å². The monoisotopic (exact) mass is 549 g/mol. The number of carbonyl (C=O) groups is 1. The van der Waals surface area contributed by atoms with Gasteiger partial charge in [0.15, 0.2) is 0 Å². The molecule has 4 aromatic rings. The number of benzene rings is 3. The van der Waals surface area contributed by atoms with E-state index in [1.807, 2.05) is 20.8 Å². The quantitative estimate of drug-likeness (QED) is 0.173. The highest BCUT2D eigenvalue weighted by Gasteiger charge is 2.24. The van der Waals surface area contributed by atoms with Crippen LogP contribution in [0.1, 0.15) is 39.7 Å². The number of esters is 1. The van der Waals surface area contributed by atoms with Gasteiger partial charge in [-0.15, -0.1) is 15.0 Å². The highest BCUT2D eigenvalue weighted by Crippen LogP contribution is 2.38. The van der Waals surface area contributed by atoms with Gasteiger partial charge in [0, 0.05) is 23.6 Å². The first-order chi connectivity index (χ1) is 18.4. The van der Waals surface area contributed by atoms with Crippen molar-refractivity contribution in [3.63, 3.8) is 0 Å². The Labute approximate surface area is 227 Å². The van der Waals surface area contributed by atoms with Crippen LogP contribution in [0.5, 0.6) is 11.5 Å². The fourth-order valence-corrected chi connectivity index (χ4v) is 5.14. The summed E-state index contributed by atoms with van der Waals surface area (Å²) in [5.41, 5.74) is 1.63. The van der Waals surface area contributed by atoms with Crippen molar-refractivity contribution in [3.8, 4) is 17.2 Å². The van der Waals surface area contributed by atoms with Crippen molar-refractivity contribution < 1.29 is 27.8 Å².